The average Bonchev–Trinajstić information content (AvgIpc) is 2.39. The van der Waals surface area contributed by atoms with Crippen molar-refractivity contribution in [1.29, 1.82) is 0 Å². The van der Waals surface area contributed by atoms with E-state index in [1.165, 1.54) is 4.90 Å². The van der Waals surface area contributed by atoms with Gasteiger partial charge in [-0.15, -0.1) is 0 Å². The minimum Gasteiger partial charge on any atom is -0.466 e. The van der Waals surface area contributed by atoms with Gasteiger partial charge in [-0.1, -0.05) is 0 Å². The quantitative estimate of drug-likeness (QED) is 0.513. The maximum absolute atomic E-state index is 11.1. The molecule has 1 rings (SSSR count). The molecule has 2 N–H and O–H groups in total. The summed E-state index contributed by atoms with van der Waals surface area (Å²) in [6.07, 6.45) is -0.0281. The molecule has 19 heavy (non-hydrogen) atoms. The Morgan fingerprint density at radius 1 is 1.42 bits per heavy atom. The number of carbonyl (C=O) groups excluding carboxylic acids is 1. The predicted octanol–water partition coefficient (Wildman–Crippen LogP) is 0.298. The number of amides is 1. The van der Waals surface area contributed by atoms with Gasteiger partial charge in [0.05, 0.1) is 19.6 Å². The van der Waals surface area contributed by atoms with E-state index in [4.69, 9.17) is 14.6 Å². The molecule has 0 saturated carbocycles. The fourth-order valence-corrected chi connectivity index (χ4v) is 1.98. The lowest BCUT2D eigenvalue weighted by Crippen LogP contribution is -2.53. The zero-order chi connectivity index (χ0) is 14.1. The van der Waals surface area contributed by atoms with E-state index in [1.807, 2.05) is 0 Å². The summed E-state index contributed by atoms with van der Waals surface area (Å²) in [5.74, 6) is -0.269. The normalized spacial score (nSPS) is 19.2. The van der Waals surface area contributed by atoms with Crippen molar-refractivity contribution in [3.8, 4) is 0 Å². The summed E-state index contributed by atoms with van der Waals surface area (Å²) in [5, 5.41) is 12.2. The first kappa shape index (κ1) is 15.7. The van der Waals surface area contributed by atoms with E-state index < -0.39 is 6.09 Å². The lowest BCUT2D eigenvalue weighted by molar-refractivity contribution is -0.144. The molecule has 0 aromatic rings. The molecule has 0 spiro atoms. The smallest absolute Gasteiger partial charge is 0.407 e. The molecule has 0 radical (unpaired) electrons. The van der Waals surface area contributed by atoms with Gasteiger partial charge >= 0.3 is 12.1 Å². The van der Waals surface area contributed by atoms with Crippen LogP contribution in [0.3, 0.4) is 0 Å². The van der Waals surface area contributed by atoms with E-state index in [0.717, 1.165) is 0 Å². The van der Waals surface area contributed by atoms with Gasteiger partial charge in [-0.3, -0.25) is 4.79 Å². The van der Waals surface area contributed by atoms with Gasteiger partial charge in [0.2, 0.25) is 0 Å². The van der Waals surface area contributed by atoms with Crippen molar-refractivity contribution in [3.63, 3.8) is 0 Å². The zero-order valence-corrected chi connectivity index (χ0v) is 11.3. The number of esters is 1. The first-order chi connectivity index (χ1) is 9.15. The van der Waals surface area contributed by atoms with Gasteiger partial charge in [0.15, 0.2) is 0 Å². The summed E-state index contributed by atoms with van der Waals surface area (Å²) in [6, 6.07) is -0.0613. The van der Waals surface area contributed by atoms with Gasteiger partial charge in [-0.05, 0) is 13.3 Å². The first-order valence-corrected chi connectivity index (χ1v) is 6.58. The summed E-state index contributed by atoms with van der Waals surface area (Å²) in [5.41, 5.74) is 0. The van der Waals surface area contributed by atoms with Crippen molar-refractivity contribution < 1.29 is 24.2 Å². The average molecular weight is 274 g/mol. The van der Waals surface area contributed by atoms with Crippen molar-refractivity contribution >= 4 is 12.1 Å². The van der Waals surface area contributed by atoms with Crippen LogP contribution in [-0.2, 0) is 14.3 Å². The Morgan fingerprint density at radius 2 is 2.21 bits per heavy atom. The van der Waals surface area contributed by atoms with Gasteiger partial charge in [0.1, 0.15) is 0 Å². The number of carbonyl (C=O) groups is 2. The molecule has 1 atom stereocenters. The van der Waals surface area contributed by atoms with Crippen LogP contribution in [0.15, 0.2) is 0 Å². The van der Waals surface area contributed by atoms with Crippen LogP contribution >= 0.6 is 0 Å². The Labute approximate surface area is 112 Å². The second kappa shape index (κ2) is 8.71. The molecule has 1 aliphatic heterocycles. The third kappa shape index (κ3) is 5.89. The molecule has 1 unspecified atom stereocenters. The van der Waals surface area contributed by atoms with Crippen LogP contribution in [0.25, 0.3) is 0 Å². The van der Waals surface area contributed by atoms with E-state index in [0.29, 0.717) is 45.9 Å². The molecule has 1 amide bonds. The Hall–Kier alpha value is -1.34. The summed E-state index contributed by atoms with van der Waals surface area (Å²) in [7, 11) is 0. The first-order valence-electron chi connectivity index (χ1n) is 6.58. The second-order valence-corrected chi connectivity index (χ2v) is 4.29. The SMILES string of the molecule is CCOC(=O)CCOCCC1CNCCN1C(=O)O. The van der Waals surface area contributed by atoms with Gasteiger partial charge in [-0.25, -0.2) is 4.79 Å². The molecular weight excluding hydrogens is 252 g/mol. The van der Waals surface area contributed by atoms with Crippen LogP contribution in [0.2, 0.25) is 0 Å². The monoisotopic (exact) mass is 274 g/mol. The van der Waals surface area contributed by atoms with E-state index in [2.05, 4.69) is 5.32 Å². The molecule has 7 heteroatoms. The number of nitrogens with zero attached hydrogens (tertiary/aromatic N) is 1. The van der Waals surface area contributed by atoms with Crippen molar-refractivity contribution in [3.05, 3.63) is 0 Å². The molecule has 0 aliphatic carbocycles. The maximum atomic E-state index is 11.1. The minimum absolute atomic E-state index is 0.0613. The molecule has 1 aliphatic rings. The van der Waals surface area contributed by atoms with E-state index in [-0.39, 0.29) is 18.4 Å². The van der Waals surface area contributed by atoms with Crippen molar-refractivity contribution in [2.24, 2.45) is 0 Å². The standard InChI is InChI=1S/C12H22N2O5/c1-2-19-11(15)4-8-18-7-3-10-9-13-5-6-14(10)12(16)17/h10,13H,2-9H2,1H3,(H,16,17). The lowest BCUT2D eigenvalue weighted by Gasteiger charge is -2.34. The molecule has 0 aromatic heterocycles. The number of piperazine rings is 1. The van der Waals surface area contributed by atoms with Gasteiger partial charge in [0.25, 0.3) is 0 Å². The molecular formula is C12H22N2O5. The molecule has 1 saturated heterocycles. The van der Waals surface area contributed by atoms with Gasteiger partial charge in [-0.2, -0.15) is 0 Å². The third-order valence-electron chi connectivity index (χ3n) is 2.95. The summed E-state index contributed by atoms with van der Waals surface area (Å²) in [6.45, 7) is 4.72. The van der Waals surface area contributed by atoms with E-state index in [1.54, 1.807) is 6.92 Å². The van der Waals surface area contributed by atoms with Crippen LogP contribution in [0.5, 0.6) is 0 Å². The molecule has 1 fully saturated rings. The lowest BCUT2D eigenvalue weighted by atomic mass is 10.1. The number of hydrogen-bond acceptors (Lipinski definition) is 5. The number of rotatable bonds is 7. The van der Waals surface area contributed by atoms with Crippen molar-refractivity contribution in [1.82, 2.24) is 10.2 Å². The van der Waals surface area contributed by atoms with Gasteiger partial charge in [0, 0.05) is 32.3 Å². The number of hydrogen-bond donors (Lipinski definition) is 2. The van der Waals surface area contributed by atoms with Crippen LogP contribution < -0.4 is 5.32 Å². The molecule has 110 valence electrons. The Kier molecular flexibility index (Phi) is 7.20. The fourth-order valence-electron chi connectivity index (χ4n) is 1.98. The highest BCUT2D eigenvalue weighted by Crippen LogP contribution is 2.08. The largest absolute Gasteiger partial charge is 0.466 e. The van der Waals surface area contributed by atoms with Crippen molar-refractivity contribution in [2.75, 3.05) is 39.5 Å². The predicted molar refractivity (Wildman–Crippen MR) is 68.1 cm³/mol. The van der Waals surface area contributed by atoms with Crippen LogP contribution in [0.1, 0.15) is 19.8 Å². The highest BCUT2D eigenvalue weighted by molar-refractivity contribution is 5.69. The number of nitrogens with one attached hydrogen (secondary N) is 1. The summed E-state index contributed by atoms with van der Waals surface area (Å²) in [4.78, 5) is 23.5. The minimum atomic E-state index is -0.891. The Balaban J connectivity index is 2.13. The second-order valence-electron chi connectivity index (χ2n) is 4.29. The number of ether oxygens (including phenoxy) is 2. The van der Waals surface area contributed by atoms with Crippen LogP contribution in [-0.4, -0.2) is 67.6 Å². The van der Waals surface area contributed by atoms with Crippen LogP contribution in [0.4, 0.5) is 4.79 Å². The molecule has 0 aromatic carbocycles. The van der Waals surface area contributed by atoms with E-state index >= 15 is 0 Å². The molecule has 1 heterocycles. The Morgan fingerprint density at radius 3 is 2.89 bits per heavy atom. The fraction of sp³-hybridized carbons (Fsp3) is 0.833. The molecule has 7 nitrogen and oxygen atoms in total. The molecule has 0 bridgehead atoms. The summed E-state index contributed by atoms with van der Waals surface area (Å²) < 4.78 is 10.1. The van der Waals surface area contributed by atoms with Gasteiger partial charge < -0.3 is 24.8 Å². The number of carboxylic acid groups (broad SMARTS) is 1. The van der Waals surface area contributed by atoms with Crippen molar-refractivity contribution in [2.45, 2.75) is 25.8 Å². The van der Waals surface area contributed by atoms with Crippen LogP contribution in [0, 0.1) is 0 Å². The highest BCUT2D eigenvalue weighted by Gasteiger charge is 2.25. The summed E-state index contributed by atoms with van der Waals surface area (Å²) >= 11 is 0. The highest BCUT2D eigenvalue weighted by atomic mass is 16.5. The maximum Gasteiger partial charge on any atom is 0.407 e. The zero-order valence-electron chi connectivity index (χ0n) is 11.3. The Bertz CT molecular complexity index is 298. The van der Waals surface area contributed by atoms with E-state index in [9.17, 15) is 9.59 Å². The third-order valence-corrected chi connectivity index (χ3v) is 2.95. The topological polar surface area (TPSA) is 88.1 Å².